The van der Waals surface area contributed by atoms with Crippen LogP contribution in [0.3, 0.4) is 0 Å². The number of nitrogens with zero attached hydrogens (tertiary/aromatic N) is 2. The van der Waals surface area contributed by atoms with E-state index in [2.05, 4.69) is 6.58 Å². The number of benzene rings is 1. The van der Waals surface area contributed by atoms with E-state index in [0.29, 0.717) is 50.2 Å². The first-order chi connectivity index (χ1) is 16.9. The van der Waals surface area contributed by atoms with Crippen LogP contribution in [0.25, 0.3) is 17.2 Å². The van der Waals surface area contributed by atoms with Gasteiger partial charge in [-0.25, -0.2) is 17.8 Å². The van der Waals surface area contributed by atoms with E-state index in [1.807, 2.05) is 19.9 Å². The average molecular weight is 517 g/mol. The van der Waals surface area contributed by atoms with Gasteiger partial charge in [0.25, 0.3) is 0 Å². The monoisotopic (exact) mass is 516 g/mol. The average Bonchev–Trinajstić information content (AvgIpc) is 2.81. The van der Waals surface area contributed by atoms with E-state index >= 15 is 0 Å². The Kier molecular flexibility index (Phi) is 8.95. The lowest BCUT2D eigenvalue weighted by atomic mass is 9.87. The zero-order valence-electron chi connectivity index (χ0n) is 21.5. The largest absolute Gasteiger partial charge is 0.513 e. The molecule has 0 aliphatic carbocycles. The molecule has 0 spiro atoms. The third kappa shape index (κ3) is 6.16. The first kappa shape index (κ1) is 27.9. The van der Waals surface area contributed by atoms with Gasteiger partial charge in [-0.2, -0.15) is 0 Å². The van der Waals surface area contributed by atoms with Crippen molar-refractivity contribution in [1.29, 1.82) is 0 Å². The van der Waals surface area contributed by atoms with Crippen LogP contribution in [0.4, 0.5) is 10.2 Å². The van der Waals surface area contributed by atoms with Crippen molar-refractivity contribution < 1.29 is 23.0 Å². The van der Waals surface area contributed by atoms with Crippen LogP contribution in [0.1, 0.15) is 76.1 Å². The molecule has 0 saturated heterocycles. The van der Waals surface area contributed by atoms with E-state index in [-0.39, 0.29) is 17.5 Å². The number of hydrogen-bond donors (Lipinski definition) is 2. The lowest BCUT2D eigenvalue weighted by Crippen LogP contribution is -2.41. The lowest BCUT2D eigenvalue weighted by molar-refractivity contribution is 0.208. The Morgan fingerprint density at radius 1 is 1.22 bits per heavy atom. The highest BCUT2D eigenvalue weighted by atomic mass is 32.2. The second kappa shape index (κ2) is 11.6. The summed E-state index contributed by atoms with van der Waals surface area (Å²) in [5, 5.41) is 19.3. The fourth-order valence-corrected chi connectivity index (χ4v) is 5.75. The Morgan fingerprint density at radius 3 is 2.47 bits per heavy atom. The molecular weight excluding hydrogens is 479 g/mol. The zero-order valence-corrected chi connectivity index (χ0v) is 22.4. The molecule has 1 aliphatic heterocycles. The lowest BCUT2D eigenvalue weighted by Gasteiger charge is -2.34. The number of pyridine rings is 1. The van der Waals surface area contributed by atoms with Crippen molar-refractivity contribution in [3.63, 3.8) is 0 Å². The van der Waals surface area contributed by atoms with Crippen LogP contribution in [-0.2, 0) is 16.4 Å². The van der Waals surface area contributed by atoms with E-state index in [0.717, 1.165) is 22.3 Å². The topological polar surface area (TPSA) is 90.7 Å². The standard InChI is InChI=1S/C28H37FN2O4S/c1-18(2)27-24(16-15-23(33)9-6-8-20(5)32)26(21-11-13-22(29)14-12-21)25-10-7-17-31(28(25)30-27)36(34,35)19(3)4/h11-16,18-19,23,32-33H,5-10,17H2,1-4H3/b16-15+/t23-/m0/s1. The molecule has 2 N–H and O–H groups in total. The minimum Gasteiger partial charge on any atom is -0.513 e. The number of aliphatic hydroxyl groups excluding tert-OH is 2. The van der Waals surface area contributed by atoms with E-state index in [1.54, 1.807) is 32.1 Å². The summed E-state index contributed by atoms with van der Waals surface area (Å²) in [6.45, 7) is 11.2. The fourth-order valence-electron chi connectivity index (χ4n) is 4.47. The number of sulfonamides is 1. The Hall–Kier alpha value is -2.71. The predicted octanol–water partition coefficient (Wildman–Crippen LogP) is 6.12. The van der Waals surface area contributed by atoms with E-state index in [9.17, 15) is 23.0 Å². The van der Waals surface area contributed by atoms with Gasteiger partial charge in [-0.3, -0.25) is 4.31 Å². The molecule has 2 aromatic rings. The highest BCUT2D eigenvalue weighted by molar-refractivity contribution is 7.93. The highest BCUT2D eigenvalue weighted by Crippen LogP contribution is 2.42. The summed E-state index contributed by atoms with van der Waals surface area (Å²) in [7, 11) is -3.59. The van der Waals surface area contributed by atoms with E-state index in [4.69, 9.17) is 4.98 Å². The molecule has 6 nitrogen and oxygen atoms in total. The first-order valence-electron chi connectivity index (χ1n) is 12.5. The van der Waals surface area contributed by atoms with Crippen LogP contribution in [0.2, 0.25) is 0 Å². The van der Waals surface area contributed by atoms with Crippen molar-refractivity contribution in [3.05, 3.63) is 65.3 Å². The number of hydrogen-bond acceptors (Lipinski definition) is 5. The van der Waals surface area contributed by atoms with Gasteiger partial charge in [0.15, 0.2) is 0 Å². The molecule has 196 valence electrons. The smallest absolute Gasteiger partial charge is 0.238 e. The quantitative estimate of drug-likeness (QED) is 0.371. The number of aliphatic hydroxyl groups is 2. The maximum absolute atomic E-state index is 13.8. The van der Waals surface area contributed by atoms with Crippen LogP contribution < -0.4 is 4.31 Å². The van der Waals surface area contributed by atoms with E-state index in [1.165, 1.54) is 16.4 Å². The summed E-state index contributed by atoms with van der Waals surface area (Å²) >= 11 is 0. The minimum atomic E-state index is -3.59. The minimum absolute atomic E-state index is 0.0328. The number of halogens is 1. The Balaban J connectivity index is 2.22. The molecule has 36 heavy (non-hydrogen) atoms. The molecular formula is C28H37FN2O4S. The van der Waals surface area contributed by atoms with Gasteiger partial charge in [0, 0.05) is 24.1 Å². The van der Waals surface area contributed by atoms with Crippen molar-refractivity contribution >= 4 is 21.9 Å². The molecule has 0 fully saturated rings. The maximum atomic E-state index is 13.8. The van der Waals surface area contributed by atoms with Crippen molar-refractivity contribution in [1.82, 2.24) is 4.98 Å². The normalized spacial score (nSPS) is 15.1. The van der Waals surface area contributed by atoms with Gasteiger partial charge < -0.3 is 10.2 Å². The van der Waals surface area contributed by atoms with Crippen molar-refractivity contribution in [3.8, 4) is 11.1 Å². The predicted molar refractivity (Wildman–Crippen MR) is 144 cm³/mol. The molecule has 1 aromatic heterocycles. The number of allylic oxidation sites excluding steroid dienone is 1. The van der Waals surface area contributed by atoms with E-state index < -0.39 is 21.4 Å². The van der Waals surface area contributed by atoms with Gasteiger partial charge >= 0.3 is 0 Å². The molecule has 0 unspecified atom stereocenters. The second-order valence-electron chi connectivity index (χ2n) is 9.90. The summed E-state index contributed by atoms with van der Waals surface area (Å²) in [5.41, 5.74) is 3.91. The Morgan fingerprint density at radius 2 is 1.89 bits per heavy atom. The van der Waals surface area contributed by atoms with Gasteiger partial charge in [-0.15, -0.1) is 0 Å². The fraction of sp³-hybridized carbons (Fsp3) is 0.464. The zero-order chi connectivity index (χ0) is 26.6. The highest BCUT2D eigenvalue weighted by Gasteiger charge is 2.34. The van der Waals surface area contributed by atoms with Gasteiger partial charge in [-0.1, -0.05) is 44.7 Å². The number of fused-ring (bicyclic) bond motifs is 1. The SMILES string of the molecule is C=C(O)CCC[C@H](O)/C=C/c1c(C(C)C)nc2c(c1-c1ccc(F)cc1)CCCN2S(=O)(=O)C(C)C. The van der Waals surface area contributed by atoms with Gasteiger partial charge in [0.2, 0.25) is 10.0 Å². The van der Waals surface area contributed by atoms with Gasteiger partial charge in [0.05, 0.1) is 22.8 Å². The first-order valence-corrected chi connectivity index (χ1v) is 14.0. The van der Waals surface area contributed by atoms with Crippen LogP contribution in [0.15, 0.2) is 42.7 Å². The molecule has 8 heteroatoms. The summed E-state index contributed by atoms with van der Waals surface area (Å²) in [5.74, 6) is 0.145. The summed E-state index contributed by atoms with van der Waals surface area (Å²) < 4.78 is 41.7. The van der Waals surface area contributed by atoms with Crippen molar-refractivity contribution in [2.24, 2.45) is 0 Å². The molecule has 3 rings (SSSR count). The number of aromatic nitrogens is 1. The van der Waals surface area contributed by atoms with Crippen LogP contribution in [-0.4, -0.2) is 41.5 Å². The molecule has 1 aromatic carbocycles. The molecule has 0 bridgehead atoms. The number of rotatable bonds is 10. The van der Waals surface area contributed by atoms with Crippen LogP contribution in [0.5, 0.6) is 0 Å². The molecule has 0 amide bonds. The summed E-state index contributed by atoms with van der Waals surface area (Å²) in [4.78, 5) is 4.91. The second-order valence-corrected chi connectivity index (χ2v) is 12.3. The maximum Gasteiger partial charge on any atom is 0.238 e. The molecule has 1 atom stereocenters. The van der Waals surface area contributed by atoms with Gasteiger partial charge in [-0.05, 0) is 68.7 Å². The number of anilines is 1. The van der Waals surface area contributed by atoms with Crippen LogP contribution in [0, 0.1) is 5.82 Å². The molecule has 1 aliphatic rings. The van der Waals surface area contributed by atoms with Crippen molar-refractivity contribution in [2.75, 3.05) is 10.8 Å². The van der Waals surface area contributed by atoms with Crippen molar-refractivity contribution in [2.45, 2.75) is 77.1 Å². The Labute approximate surface area is 214 Å². The third-order valence-electron chi connectivity index (χ3n) is 6.40. The summed E-state index contributed by atoms with van der Waals surface area (Å²) in [6, 6.07) is 6.19. The molecule has 0 radical (unpaired) electrons. The molecule has 2 heterocycles. The van der Waals surface area contributed by atoms with Crippen LogP contribution >= 0.6 is 0 Å². The summed E-state index contributed by atoms with van der Waals surface area (Å²) in [6.07, 6.45) is 5.56. The molecule has 0 saturated carbocycles. The van der Waals surface area contributed by atoms with Gasteiger partial charge in [0.1, 0.15) is 11.6 Å². The third-order valence-corrected chi connectivity index (χ3v) is 8.56. The Bertz CT molecular complexity index is 1220.